The second-order valence-corrected chi connectivity index (χ2v) is 3.45. The molecule has 0 aromatic heterocycles. The SMILES string of the molecule is C1=NCCO1.Nc1cccc2ccccc12. The zero-order valence-corrected chi connectivity index (χ0v) is 8.97. The number of nitrogens with zero attached hydrogens (tertiary/aromatic N) is 1. The molecule has 0 atom stereocenters. The molecule has 3 nitrogen and oxygen atoms in total. The van der Waals surface area contributed by atoms with Crippen LogP contribution in [0.3, 0.4) is 0 Å². The maximum atomic E-state index is 5.76. The highest BCUT2D eigenvalue weighted by atomic mass is 16.5. The van der Waals surface area contributed by atoms with Crippen molar-refractivity contribution in [1.29, 1.82) is 0 Å². The molecule has 0 saturated carbocycles. The van der Waals surface area contributed by atoms with Crippen molar-refractivity contribution in [3.05, 3.63) is 42.5 Å². The van der Waals surface area contributed by atoms with Crippen molar-refractivity contribution in [1.82, 2.24) is 0 Å². The highest BCUT2D eigenvalue weighted by molar-refractivity contribution is 5.92. The lowest BCUT2D eigenvalue weighted by Crippen LogP contribution is -1.84. The van der Waals surface area contributed by atoms with Crippen LogP contribution in [0, 0.1) is 0 Å². The molecule has 2 aromatic carbocycles. The molecular formula is C13H14N2O. The minimum atomic E-state index is 0.778. The summed E-state index contributed by atoms with van der Waals surface area (Å²) in [6, 6.07) is 14.1. The van der Waals surface area contributed by atoms with Gasteiger partial charge in [-0.1, -0.05) is 36.4 Å². The molecule has 0 bridgehead atoms. The fraction of sp³-hybridized carbons (Fsp3) is 0.154. The number of rotatable bonds is 0. The van der Waals surface area contributed by atoms with Gasteiger partial charge in [-0.3, -0.25) is 4.99 Å². The predicted molar refractivity (Wildman–Crippen MR) is 67.7 cm³/mol. The third-order valence-corrected chi connectivity index (χ3v) is 2.31. The third kappa shape index (κ3) is 2.51. The molecule has 3 heteroatoms. The maximum absolute atomic E-state index is 5.76. The molecule has 82 valence electrons. The van der Waals surface area contributed by atoms with Crippen molar-refractivity contribution in [3.8, 4) is 0 Å². The van der Waals surface area contributed by atoms with Crippen LogP contribution >= 0.6 is 0 Å². The average molecular weight is 214 g/mol. The van der Waals surface area contributed by atoms with Crippen molar-refractivity contribution in [2.24, 2.45) is 4.99 Å². The van der Waals surface area contributed by atoms with E-state index in [-0.39, 0.29) is 0 Å². The number of hydrogen-bond donors (Lipinski definition) is 1. The molecule has 3 rings (SSSR count). The second kappa shape index (κ2) is 5.16. The first kappa shape index (κ1) is 10.5. The van der Waals surface area contributed by atoms with E-state index in [1.54, 1.807) is 0 Å². The Labute approximate surface area is 94.6 Å². The molecular weight excluding hydrogens is 200 g/mol. The maximum Gasteiger partial charge on any atom is 0.169 e. The van der Waals surface area contributed by atoms with E-state index >= 15 is 0 Å². The zero-order valence-electron chi connectivity index (χ0n) is 8.97. The molecule has 0 fully saturated rings. The van der Waals surface area contributed by atoms with Crippen molar-refractivity contribution in [2.45, 2.75) is 0 Å². The van der Waals surface area contributed by atoms with E-state index in [1.165, 1.54) is 11.8 Å². The monoisotopic (exact) mass is 214 g/mol. The third-order valence-electron chi connectivity index (χ3n) is 2.31. The lowest BCUT2D eigenvalue weighted by atomic mass is 10.1. The van der Waals surface area contributed by atoms with Crippen molar-refractivity contribution < 1.29 is 4.74 Å². The Morgan fingerprint density at radius 1 is 1.06 bits per heavy atom. The van der Waals surface area contributed by atoms with Gasteiger partial charge in [0.1, 0.15) is 6.61 Å². The molecule has 2 aromatic rings. The van der Waals surface area contributed by atoms with Gasteiger partial charge in [-0.15, -0.1) is 0 Å². The van der Waals surface area contributed by atoms with Gasteiger partial charge in [-0.2, -0.15) is 0 Å². The highest BCUT2D eigenvalue weighted by Crippen LogP contribution is 2.19. The number of ether oxygens (including phenoxy) is 1. The number of fused-ring (bicyclic) bond motifs is 1. The second-order valence-electron chi connectivity index (χ2n) is 3.45. The summed E-state index contributed by atoms with van der Waals surface area (Å²) in [6.45, 7) is 1.62. The molecule has 1 aliphatic rings. The van der Waals surface area contributed by atoms with Crippen LogP contribution in [0.4, 0.5) is 5.69 Å². The quantitative estimate of drug-likeness (QED) is 0.685. The molecule has 0 spiro atoms. The van der Waals surface area contributed by atoms with Gasteiger partial charge >= 0.3 is 0 Å². The van der Waals surface area contributed by atoms with Gasteiger partial charge in [-0.25, -0.2) is 0 Å². The molecule has 1 heterocycles. The lowest BCUT2D eigenvalue weighted by molar-refractivity contribution is 0.361. The van der Waals surface area contributed by atoms with E-state index < -0.39 is 0 Å². The number of aliphatic imine (C=N–C) groups is 1. The minimum absolute atomic E-state index is 0.778. The Hall–Kier alpha value is -2.03. The minimum Gasteiger partial charge on any atom is -0.482 e. The van der Waals surface area contributed by atoms with E-state index in [0.29, 0.717) is 0 Å². The van der Waals surface area contributed by atoms with E-state index in [2.05, 4.69) is 21.9 Å². The summed E-state index contributed by atoms with van der Waals surface area (Å²) in [5.74, 6) is 0. The smallest absolute Gasteiger partial charge is 0.169 e. The van der Waals surface area contributed by atoms with Crippen LogP contribution in [-0.2, 0) is 4.74 Å². The number of nitrogens with two attached hydrogens (primary N) is 1. The molecule has 2 N–H and O–H groups in total. The van der Waals surface area contributed by atoms with Crippen LogP contribution in [-0.4, -0.2) is 19.6 Å². The van der Waals surface area contributed by atoms with E-state index in [4.69, 9.17) is 5.73 Å². The summed E-state index contributed by atoms with van der Waals surface area (Å²) in [5.41, 5.74) is 6.61. The molecule has 0 saturated heterocycles. The normalized spacial score (nSPS) is 13.0. The Balaban J connectivity index is 0.000000162. The first-order valence-corrected chi connectivity index (χ1v) is 5.21. The predicted octanol–water partition coefficient (Wildman–Crippen LogP) is 2.47. The van der Waals surface area contributed by atoms with Crippen LogP contribution < -0.4 is 5.73 Å². The van der Waals surface area contributed by atoms with Crippen LogP contribution in [0.15, 0.2) is 47.5 Å². The van der Waals surface area contributed by atoms with E-state index in [0.717, 1.165) is 24.2 Å². The number of anilines is 1. The standard InChI is InChI=1S/C10H9N.C3H5NO/c11-10-7-3-5-8-4-1-2-6-9(8)10;1-2-5-3-4-1/h1-7H,11H2;3H,1-2H2. The molecule has 0 aliphatic carbocycles. The molecule has 0 amide bonds. The summed E-state index contributed by atoms with van der Waals surface area (Å²) in [5, 5.41) is 2.34. The van der Waals surface area contributed by atoms with Crippen LogP contribution in [0.5, 0.6) is 0 Å². The molecule has 0 unspecified atom stereocenters. The Morgan fingerprint density at radius 2 is 1.88 bits per heavy atom. The van der Waals surface area contributed by atoms with Crippen LogP contribution in [0.25, 0.3) is 10.8 Å². The number of nitrogen functional groups attached to an aromatic ring is 1. The largest absolute Gasteiger partial charge is 0.482 e. The van der Waals surface area contributed by atoms with Gasteiger partial charge in [-0.05, 0) is 11.5 Å². The average Bonchev–Trinajstić information content (AvgIpc) is 2.88. The highest BCUT2D eigenvalue weighted by Gasteiger charge is 1.92. The number of hydrogen-bond acceptors (Lipinski definition) is 3. The van der Waals surface area contributed by atoms with Crippen LogP contribution in [0.2, 0.25) is 0 Å². The summed E-state index contributed by atoms with van der Waals surface area (Å²) in [7, 11) is 0. The molecule has 0 radical (unpaired) electrons. The first-order valence-electron chi connectivity index (χ1n) is 5.21. The van der Waals surface area contributed by atoms with Crippen molar-refractivity contribution >= 4 is 22.9 Å². The van der Waals surface area contributed by atoms with Crippen molar-refractivity contribution in [3.63, 3.8) is 0 Å². The van der Waals surface area contributed by atoms with Gasteiger partial charge in [0.05, 0.1) is 6.54 Å². The van der Waals surface area contributed by atoms with Crippen LogP contribution in [0.1, 0.15) is 0 Å². The summed E-state index contributed by atoms with van der Waals surface area (Å²) >= 11 is 0. The van der Waals surface area contributed by atoms with Gasteiger partial charge in [0.25, 0.3) is 0 Å². The fourth-order valence-electron chi connectivity index (χ4n) is 1.51. The fourth-order valence-corrected chi connectivity index (χ4v) is 1.51. The Kier molecular flexibility index (Phi) is 3.38. The molecule has 16 heavy (non-hydrogen) atoms. The van der Waals surface area contributed by atoms with Crippen molar-refractivity contribution in [2.75, 3.05) is 18.9 Å². The van der Waals surface area contributed by atoms with Gasteiger partial charge in [0, 0.05) is 11.1 Å². The van der Waals surface area contributed by atoms with E-state index in [9.17, 15) is 0 Å². The Morgan fingerprint density at radius 3 is 2.50 bits per heavy atom. The van der Waals surface area contributed by atoms with Gasteiger partial charge < -0.3 is 10.5 Å². The summed E-state index contributed by atoms with van der Waals surface area (Å²) in [6.07, 6.45) is 1.49. The summed E-state index contributed by atoms with van der Waals surface area (Å²) in [4.78, 5) is 3.74. The first-order chi connectivity index (χ1) is 7.88. The number of benzene rings is 2. The topological polar surface area (TPSA) is 47.6 Å². The van der Waals surface area contributed by atoms with Gasteiger partial charge in [0.15, 0.2) is 6.40 Å². The van der Waals surface area contributed by atoms with Gasteiger partial charge in [0.2, 0.25) is 0 Å². The van der Waals surface area contributed by atoms with E-state index in [1.807, 2.05) is 30.3 Å². The zero-order chi connectivity index (χ0) is 11.2. The lowest BCUT2D eigenvalue weighted by Gasteiger charge is -1.98. The molecule has 1 aliphatic heterocycles. The Bertz CT molecular complexity index is 483. The summed E-state index contributed by atoms with van der Waals surface area (Å²) < 4.78 is 4.65.